The Bertz CT molecular complexity index is 466. The molecular weight excluding hydrogens is 262 g/mol. The maximum Gasteiger partial charge on any atom is 0.371 e. The molecule has 1 atom stereocenters. The van der Waals surface area contributed by atoms with Crippen LogP contribution in [0.3, 0.4) is 0 Å². The molecule has 1 unspecified atom stereocenters. The van der Waals surface area contributed by atoms with Gasteiger partial charge in [0.1, 0.15) is 5.76 Å². The van der Waals surface area contributed by atoms with Crippen molar-refractivity contribution in [1.29, 1.82) is 0 Å². The molecule has 2 N–H and O–H groups in total. The third-order valence-electron chi connectivity index (χ3n) is 2.83. The standard InChI is InChI=1S/C14H21NO5/c1-9(2)6-15(7-10(3)13(16)17)8-11-4-5-12(20-11)14(18)19/h4-5,9-10H,6-8H2,1-3H3,(H,16,17)(H,18,19). The average Bonchev–Trinajstić information content (AvgIpc) is 2.76. The van der Waals surface area contributed by atoms with Crippen LogP contribution in [0.4, 0.5) is 0 Å². The lowest BCUT2D eigenvalue weighted by Gasteiger charge is -2.24. The van der Waals surface area contributed by atoms with E-state index in [1.165, 1.54) is 6.07 Å². The summed E-state index contributed by atoms with van der Waals surface area (Å²) in [5.74, 6) is -1.63. The molecule has 1 aromatic heterocycles. The zero-order valence-corrected chi connectivity index (χ0v) is 12.0. The summed E-state index contributed by atoms with van der Waals surface area (Å²) < 4.78 is 5.21. The van der Waals surface area contributed by atoms with Crippen molar-refractivity contribution in [3.8, 4) is 0 Å². The molecule has 6 heteroatoms. The van der Waals surface area contributed by atoms with E-state index in [-0.39, 0.29) is 5.76 Å². The summed E-state index contributed by atoms with van der Waals surface area (Å²) in [4.78, 5) is 23.7. The summed E-state index contributed by atoms with van der Waals surface area (Å²) >= 11 is 0. The highest BCUT2D eigenvalue weighted by molar-refractivity contribution is 5.84. The van der Waals surface area contributed by atoms with Gasteiger partial charge in [-0.05, 0) is 18.1 Å². The highest BCUT2D eigenvalue weighted by Crippen LogP contribution is 2.13. The van der Waals surface area contributed by atoms with Crippen LogP contribution in [0, 0.1) is 11.8 Å². The van der Waals surface area contributed by atoms with Gasteiger partial charge in [-0.15, -0.1) is 0 Å². The maximum atomic E-state index is 10.9. The van der Waals surface area contributed by atoms with E-state index in [2.05, 4.69) is 0 Å². The van der Waals surface area contributed by atoms with Crippen LogP contribution in [0.25, 0.3) is 0 Å². The SMILES string of the molecule is CC(C)CN(Cc1ccc(C(=O)O)o1)CC(C)C(=O)O. The van der Waals surface area contributed by atoms with Crippen LogP contribution < -0.4 is 0 Å². The summed E-state index contributed by atoms with van der Waals surface area (Å²) in [6.45, 7) is 7.27. The van der Waals surface area contributed by atoms with Crippen LogP contribution in [0.1, 0.15) is 37.1 Å². The van der Waals surface area contributed by atoms with E-state index in [1.54, 1.807) is 13.0 Å². The third-order valence-corrected chi connectivity index (χ3v) is 2.83. The van der Waals surface area contributed by atoms with Gasteiger partial charge < -0.3 is 14.6 Å². The van der Waals surface area contributed by atoms with Gasteiger partial charge in [0.2, 0.25) is 5.76 Å². The number of nitrogens with zero attached hydrogens (tertiary/aromatic N) is 1. The van der Waals surface area contributed by atoms with Gasteiger partial charge in [-0.2, -0.15) is 0 Å². The van der Waals surface area contributed by atoms with Gasteiger partial charge in [0.05, 0.1) is 12.5 Å². The topological polar surface area (TPSA) is 91.0 Å². The Kier molecular flexibility index (Phi) is 5.76. The number of carboxylic acids is 2. The fourth-order valence-electron chi connectivity index (χ4n) is 1.98. The fourth-order valence-corrected chi connectivity index (χ4v) is 1.98. The molecule has 0 aromatic carbocycles. The molecule has 0 fully saturated rings. The molecule has 0 aliphatic rings. The number of carbonyl (C=O) groups is 2. The molecule has 20 heavy (non-hydrogen) atoms. The normalized spacial score (nSPS) is 12.8. The molecule has 0 saturated heterocycles. The van der Waals surface area contributed by atoms with Crippen molar-refractivity contribution < 1.29 is 24.2 Å². The Hall–Kier alpha value is -1.82. The number of carboxylic acid groups (broad SMARTS) is 2. The summed E-state index contributed by atoms with van der Waals surface area (Å²) in [5, 5.41) is 17.8. The van der Waals surface area contributed by atoms with Crippen molar-refractivity contribution in [2.75, 3.05) is 13.1 Å². The van der Waals surface area contributed by atoms with Gasteiger partial charge in [-0.3, -0.25) is 9.69 Å². The Morgan fingerprint density at radius 2 is 1.85 bits per heavy atom. The van der Waals surface area contributed by atoms with Crippen LogP contribution in [0.5, 0.6) is 0 Å². The lowest BCUT2D eigenvalue weighted by Crippen LogP contribution is -2.34. The molecule has 0 aliphatic carbocycles. The zero-order chi connectivity index (χ0) is 15.3. The number of aromatic carboxylic acids is 1. The van der Waals surface area contributed by atoms with E-state index in [4.69, 9.17) is 14.6 Å². The molecule has 6 nitrogen and oxygen atoms in total. The first-order valence-corrected chi connectivity index (χ1v) is 6.56. The van der Waals surface area contributed by atoms with Gasteiger partial charge in [0.15, 0.2) is 0 Å². The number of rotatable bonds is 8. The molecule has 0 amide bonds. The smallest absolute Gasteiger partial charge is 0.371 e. The van der Waals surface area contributed by atoms with E-state index in [9.17, 15) is 9.59 Å². The van der Waals surface area contributed by atoms with Gasteiger partial charge in [0.25, 0.3) is 0 Å². The first-order chi connectivity index (χ1) is 9.29. The molecule has 1 heterocycles. The molecule has 0 radical (unpaired) electrons. The molecule has 0 spiro atoms. The molecule has 1 rings (SSSR count). The van der Waals surface area contributed by atoms with Crippen LogP contribution in [0.15, 0.2) is 16.5 Å². The minimum atomic E-state index is -1.11. The molecule has 0 aliphatic heterocycles. The Morgan fingerprint density at radius 1 is 1.20 bits per heavy atom. The van der Waals surface area contributed by atoms with Crippen LogP contribution in [-0.4, -0.2) is 40.1 Å². The molecular formula is C14H21NO5. The second kappa shape index (κ2) is 7.09. The second-order valence-electron chi connectivity index (χ2n) is 5.40. The highest BCUT2D eigenvalue weighted by atomic mass is 16.4. The van der Waals surface area contributed by atoms with Crippen LogP contribution >= 0.6 is 0 Å². The lowest BCUT2D eigenvalue weighted by atomic mass is 10.1. The molecule has 1 aromatic rings. The van der Waals surface area contributed by atoms with Crippen LogP contribution in [-0.2, 0) is 11.3 Å². The first kappa shape index (κ1) is 16.2. The summed E-state index contributed by atoms with van der Waals surface area (Å²) in [5.41, 5.74) is 0. The number of hydrogen-bond acceptors (Lipinski definition) is 4. The summed E-state index contributed by atoms with van der Waals surface area (Å²) in [7, 11) is 0. The van der Waals surface area contributed by atoms with Gasteiger partial charge in [-0.25, -0.2) is 4.79 Å². The van der Waals surface area contributed by atoms with Crippen LogP contribution in [0.2, 0.25) is 0 Å². The maximum absolute atomic E-state index is 10.9. The average molecular weight is 283 g/mol. The van der Waals surface area contributed by atoms with E-state index in [0.29, 0.717) is 24.8 Å². The minimum absolute atomic E-state index is 0.101. The van der Waals surface area contributed by atoms with Crippen molar-refractivity contribution in [3.05, 3.63) is 23.7 Å². The monoisotopic (exact) mass is 283 g/mol. The van der Waals surface area contributed by atoms with E-state index >= 15 is 0 Å². The molecule has 0 bridgehead atoms. The van der Waals surface area contributed by atoms with E-state index < -0.39 is 17.9 Å². The lowest BCUT2D eigenvalue weighted by molar-refractivity contribution is -0.141. The van der Waals surface area contributed by atoms with Crippen molar-refractivity contribution >= 4 is 11.9 Å². The molecule has 112 valence electrons. The third kappa shape index (κ3) is 5.05. The predicted octanol–water partition coefficient (Wildman–Crippen LogP) is 2.16. The number of hydrogen-bond donors (Lipinski definition) is 2. The zero-order valence-electron chi connectivity index (χ0n) is 12.0. The molecule has 0 saturated carbocycles. The first-order valence-electron chi connectivity index (χ1n) is 6.56. The summed E-state index contributed by atoms with van der Waals surface area (Å²) in [6, 6.07) is 3.02. The van der Waals surface area contributed by atoms with E-state index in [1.807, 2.05) is 18.7 Å². The fraction of sp³-hybridized carbons (Fsp3) is 0.571. The number of furan rings is 1. The van der Waals surface area contributed by atoms with Gasteiger partial charge in [0, 0.05) is 13.1 Å². The highest BCUT2D eigenvalue weighted by Gasteiger charge is 2.19. The quantitative estimate of drug-likeness (QED) is 0.759. The van der Waals surface area contributed by atoms with E-state index in [0.717, 1.165) is 6.54 Å². The Morgan fingerprint density at radius 3 is 2.30 bits per heavy atom. The Balaban J connectivity index is 2.72. The number of aliphatic carboxylic acids is 1. The van der Waals surface area contributed by atoms with Crippen molar-refractivity contribution in [1.82, 2.24) is 4.90 Å². The Labute approximate surface area is 118 Å². The predicted molar refractivity (Wildman–Crippen MR) is 72.6 cm³/mol. The van der Waals surface area contributed by atoms with Crippen molar-refractivity contribution in [2.24, 2.45) is 11.8 Å². The minimum Gasteiger partial charge on any atom is -0.481 e. The summed E-state index contributed by atoms with van der Waals surface area (Å²) in [6.07, 6.45) is 0. The van der Waals surface area contributed by atoms with Crippen molar-refractivity contribution in [2.45, 2.75) is 27.3 Å². The van der Waals surface area contributed by atoms with Gasteiger partial charge in [-0.1, -0.05) is 20.8 Å². The van der Waals surface area contributed by atoms with Gasteiger partial charge >= 0.3 is 11.9 Å². The van der Waals surface area contributed by atoms with Crippen molar-refractivity contribution in [3.63, 3.8) is 0 Å². The largest absolute Gasteiger partial charge is 0.481 e. The second-order valence-corrected chi connectivity index (χ2v) is 5.40.